The molecule has 1 aliphatic carbocycles. The van der Waals surface area contributed by atoms with Crippen LogP contribution in [0.5, 0.6) is 0 Å². The largest absolute Gasteiger partial charge is 0.328 e. The second-order valence-electron chi connectivity index (χ2n) is 4.73. The highest BCUT2D eigenvalue weighted by molar-refractivity contribution is 5.19. The van der Waals surface area contributed by atoms with Gasteiger partial charge in [0.1, 0.15) is 11.6 Å². The van der Waals surface area contributed by atoms with Crippen molar-refractivity contribution in [1.82, 2.24) is 0 Å². The minimum absolute atomic E-state index is 0.232. The molecule has 2 rings (SSSR count). The first-order valence-electron chi connectivity index (χ1n) is 5.84. The van der Waals surface area contributed by atoms with Gasteiger partial charge in [-0.3, -0.25) is 0 Å². The highest BCUT2D eigenvalue weighted by Crippen LogP contribution is 2.27. The van der Waals surface area contributed by atoms with Crippen LogP contribution in [0.4, 0.5) is 8.78 Å². The fourth-order valence-electron chi connectivity index (χ4n) is 2.53. The highest BCUT2D eigenvalue weighted by atomic mass is 19.1. The number of hydrogen-bond donors (Lipinski definition) is 1. The first-order valence-corrected chi connectivity index (χ1v) is 5.84. The van der Waals surface area contributed by atoms with E-state index in [0.717, 1.165) is 31.7 Å². The van der Waals surface area contributed by atoms with E-state index in [1.54, 1.807) is 0 Å². The number of rotatable bonds is 2. The van der Waals surface area contributed by atoms with E-state index < -0.39 is 0 Å². The molecule has 2 atom stereocenters. The molecule has 1 aromatic carbocycles. The van der Waals surface area contributed by atoms with E-state index in [-0.39, 0.29) is 17.7 Å². The molecule has 1 fully saturated rings. The molecule has 0 aromatic heterocycles. The summed E-state index contributed by atoms with van der Waals surface area (Å²) in [4.78, 5) is 0. The van der Waals surface area contributed by atoms with Crippen molar-refractivity contribution >= 4 is 0 Å². The smallest absolute Gasteiger partial charge is 0.126 e. The third kappa shape index (κ3) is 2.79. The lowest BCUT2D eigenvalue weighted by Crippen LogP contribution is -2.28. The standard InChI is InChI=1S/C13H17F2N/c14-11-4-5-13(15)10(8-11)6-9-2-1-3-12(16)7-9/h4-5,8-9,12H,1-3,6-7,16H2. The van der Waals surface area contributed by atoms with Gasteiger partial charge in [-0.2, -0.15) is 0 Å². The summed E-state index contributed by atoms with van der Waals surface area (Å²) in [5.41, 5.74) is 6.36. The topological polar surface area (TPSA) is 26.0 Å². The van der Waals surface area contributed by atoms with Crippen LogP contribution in [-0.4, -0.2) is 6.04 Å². The van der Waals surface area contributed by atoms with Gasteiger partial charge in [-0.05, 0) is 48.9 Å². The maximum atomic E-state index is 13.4. The predicted molar refractivity (Wildman–Crippen MR) is 60.0 cm³/mol. The Kier molecular flexibility index (Phi) is 3.54. The van der Waals surface area contributed by atoms with E-state index in [4.69, 9.17) is 5.73 Å². The molecule has 1 saturated carbocycles. The van der Waals surface area contributed by atoms with Crippen LogP contribution in [-0.2, 0) is 6.42 Å². The zero-order chi connectivity index (χ0) is 11.5. The molecule has 2 N–H and O–H groups in total. The summed E-state index contributed by atoms with van der Waals surface area (Å²) >= 11 is 0. The lowest BCUT2D eigenvalue weighted by atomic mass is 9.82. The van der Waals surface area contributed by atoms with Crippen LogP contribution in [0.25, 0.3) is 0 Å². The van der Waals surface area contributed by atoms with Crippen LogP contribution in [0.1, 0.15) is 31.2 Å². The molecule has 16 heavy (non-hydrogen) atoms. The second-order valence-corrected chi connectivity index (χ2v) is 4.73. The van der Waals surface area contributed by atoms with Crippen LogP contribution in [0, 0.1) is 17.6 Å². The van der Waals surface area contributed by atoms with Crippen LogP contribution < -0.4 is 5.73 Å². The number of hydrogen-bond acceptors (Lipinski definition) is 1. The van der Waals surface area contributed by atoms with Crippen molar-refractivity contribution in [2.75, 3.05) is 0 Å². The molecule has 88 valence electrons. The van der Waals surface area contributed by atoms with Crippen molar-refractivity contribution in [3.63, 3.8) is 0 Å². The molecule has 0 aliphatic heterocycles. The average molecular weight is 225 g/mol. The van der Waals surface area contributed by atoms with E-state index in [1.165, 1.54) is 12.1 Å². The van der Waals surface area contributed by atoms with Gasteiger partial charge in [-0.1, -0.05) is 12.8 Å². The molecule has 0 saturated heterocycles. The molecule has 0 amide bonds. The summed E-state index contributed by atoms with van der Waals surface area (Å²) < 4.78 is 26.4. The van der Waals surface area contributed by atoms with Crippen molar-refractivity contribution in [2.24, 2.45) is 11.7 Å². The maximum absolute atomic E-state index is 13.4. The molecular formula is C13H17F2N. The first kappa shape index (κ1) is 11.5. The van der Waals surface area contributed by atoms with E-state index in [2.05, 4.69) is 0 Å². The summed E-state index contributed by atoms with van der Waals surface area (Å²) in [5.74, 6) is -0.267. The van der Waals surface area contributed by atoms with E-state index in [1.807, 2.05) is 0 Å². The Bertz CT molecular complexity index is 365. The summed E-state index contributed by atoms with van der Waals surface area (Å²) in [7, 11) is 0. The summed E-state index contributed by atoms with van der Waals surface area (Å²) in [6, 6.07) is 3.89. The van der Waals surface area contributed by atoms with Crippen molar-refractivity contribution in [2.45, 2.75) is 38.1 Å². The minimum Gasteiger partial charge on any atom is -0.328 e. The maximum Gasteiger partial charge on any atom is 0.126 e. The zero-order valence-electron chi connectivity index (χ0n) is 9.26. The van der Waals surface area contributed by atoms with Gasteiger partial charge in [-0.25, -0.2) is 8.78 Å². The fourth-order valence-corrected chi connectivity index (χ4v) is 2.53. The SMILES string of the molecule is NC1CCCC(Cc2cc(F)ccc2F)C1. The lowest BCUT2D eigenvalue weighted by Gasteiger charge is -2.26. The number of benzene rings is 1. The quantitative estimate of drug-likeness (QED) is 0.822. The lowest BCUT2D eigenvalue weighted by molar-refractivity contribution is 0.318. The second kappa shape index (κ2) is 4.91. The van der Waals surface area contributed by atoms with Gasteiger partial charge in [0.2, 0.25) is 0 Å². The minimum atomic E-state index is -0.364. The van der Waals surface area contributed by atoms with Gasteiger partial charge in [0.15, 0.2) is 0 Å². The molecule has 1 aromatic rings. The summed E-state index contributed by atoms with van der Waals surface area (Å²) in [6.07, 6.45) is 4.77. The van der Waals surface area contributed by atoms with E-state index in [0.29, 0.717) is 17.9 Å². The van der Waals surface area contributed by atoms with Gasteiger partial charge in [0, 0.05) is 6.04 Å². The molecule has 0 radical (unpaired) electrons. The Balaban J connectivity index is 2.05. The molecule has 1 nitrogen and oxygen atoms in total. The third-order valence-corrected chi connectivity index (χ3v) is 3.34. The molecule has 0 heterocycles. The molecule has 2 unspecified atom stereocenters. The normalized spacial score (nSPS) is 25.7. The van der Waals surface area contributed by atoms with Crippen molar-refractivity contribution < 1.29 is 8.78 Å². The Labute approximate surface area is 94.7 Å². The Morgan fingerprint density at radius 2 is 2.06 bits per heavy atom. The van der Waals surface area contributed by atoms with Crippen LogP contribution in [0.2, 0.25) is 0 Å². The van der Waals surface area contributed by atoms with E-state index in [9.17, 15) is 8.78 Å². The Morgan fingerprint density at radius 1 is 1.25 bits per heavy atom. The van der Waals surface area contributed by atoms with Crippen LogP contribution in [0.15, 0.2) is 18.2 Å². The molecule has 1 aliphatic rings. The fraction of sp³-hybridized carbons (Fsp3) is 0.538. The highest BCUT2D eigenvalue weighted by Gasteiger charge is 2.20. The molecule has 0 spiro atoms. The predicted octanol–water partition coefficient (Wildman–Crippen LogP) is 3.02. The van der Waals surface area contributed by atoms with Crippen molar-refractivity contribution in [3.8, 4) is 0 Å². The Hall–Kier alpha value is -0.960. The molecular weight excluding hydrogens is 208 g/mol. The third-order valence-electron chi connectivity index (χ3n) is 3.34. The zero-order valence-corrected chi connectivity index (χ0v) is 9.26. The average Bonchev–Trinajstić information content (AvgIpc) is 2.24. The number of halogens is 2. The van der Waals surface area contributed by atoms with Gasteiger partial charge in [-0.15, -0.1) is 0 Å². The Morgan fingerprint density at radius 3 is 2.81 bits per heavy atom. The van der Waals surface area contributed by atoms with Crippen LogP contribution in [0.3, 0.4) is 0 Å². The van der Waals surface area contributed by atoms with Crippen molar-refractivity contribution in [3.05, 3.63) is 35.4 Å². The molecule has 3 heteroatoms. The van der Waals surface area contributed by atoms with E-state index >= 15 is 0 Å². The number of nitrogens with two attached hydrogens (primary N) is 1. The van der Waals surface area contributed by atoms with Crippen molar-refractivity contribution in [1.29, 1.82) is 0 Å². The molecule has 0 bridgehead atoms. The van der Waals surface area contributed by atoms with Gasteiger partial charge in [0.05, 0.1) is 0 Å². The van der Waals surface area contributed by atoms with Gasteiger partial charge >= 0.3 is 0 Å². The van der Waals surface area contributed by atoms with Gasteiger partial charge in [0.25, 0.3) is 0 Å². The van der Waals surface area contributed by atoms with Crippen LogP contribution >= 0.6 is 0 Å². The first-order chi connectivity index (χ1) is 7.65. The van der Waals surface area contributed by atoms with Gasteiger partial charge < -0.3 is 5.73 Å². The summed E-state index contributed by atoms with van der Waals surface area (Å²) in [5, 5.41) is 0. The monoisotopic (exact) mass is 225 g/mol. The summed E-state index contributed by atoms with van der Waals surface area (Å²) in [6.45, 7) is 0.